The SMILES string of the molecule is O=C(N[C@H]1CCC[C@@H]1O)/C(O)=C/C(=O)c1cc(Cc2ccccc2)cn(Cc2ccccc2)c1=O. The average Bonchev–Trinajstić information content (AvgIpc) is 3.26. The summed E-state index contributed by atoms with van der Waals surface area (Å²) in [5.74, 6) is -2.41. The lowest BCUT2D eigenvalue weighted by molar-refractivity contribution is -0.121. The van der Waals surface area contributed by atoms with Gasteiger partial charge in [0.25, 0.3) is 11.5 Å². The lowest BCUT2D eigenvalue weighted by Crippen LogP contribution is -2.40. The van der Waals surface area contributed by atoms with E-state index >= 15 is 0 Å². The number of pyridine rings is 1. The molecule has 0 saturated heterocycles. The number of allylic oxidation sites excluding steroid dienone is 1. The van der Waals surface area contributed by atoms with Crippen LogP contribution in [0.4, 0.5) is 0 Å². The zero-order chi connectivity index (χ0) is 24.8. The minimum atomic E-state index is -0.852. The van der Waals surface area contributed by atoms with Crippen LogP contribution in [0.3, 0.4) is 0 Å². The van der Waals surface area contributed by atoms with Crippen LogP contribution in [-0.2, 0) is 17.8 Å². The molecule has 1 amide bonds. The number of ketones is 1. The second kappa shape index (κ2) is 11.0. The van der Waals surface area contributed by atoms with Crippen molar-refractivity contribution in [3.8, 4) is 0 Å². The molecule has 1 fully saturated rings. The molecule has 0 unspecified atom stereocenters. The Balaban J connectivity index is 1.63. The van der Waals surface area contributed by atoms with Gasteiger partial charge < -0.3 is 20.1 Å². The van der Waals surface area contributed by atoms with Gasteiger partial charge >= 0.3 is 0 Å². The Morgan fingerprint density at radius 1 is 0.971 bits per heavy atom. The number of hydrogen-bond donors (Lipinski definition) is 3. The monoisotopic (exact) mass is 472 g/mol. The molecule has 1 aromatic heterocycles. The van der Waals surface area contributed by atoms with E-state index in [1.165, 1.54) is 10.6 Å². The van der Waals surface area contributed by atoms with Gasteiger partial charge in [-0.1, -0.05) is 60.7 Å². The molecule has 0 bridgehead atoms. The van der Waals surface area contributed by atoms with Crippen LogP contribution in [0.15, 0.2) is 89.6 Å². The zero-order valence-corrected chi connectivity index (χ0v) is 19.3. The molecule has 35 heavy (non-hydrogen) atoms. The largest absolute Gasteiger partial charge is 0.503 e. The van der Waals surface area contributed by atoms with Crippen LogP contribution in [0.2, 0.25) is 0 Å². The van der Waals surface area contributed by atoms with E-state index in [-0.39, 0.29) is 12.1 Å². The minimum absolute atomic E-state index is 0.130. The van der Waals surface area contributed by atoms with E-state index in [2.05, 4.69) is 5.32 Å². The summed E-state index contributed by atoms with van der Waals surface area (Å²) in [4.78, 5) is 38.5. The van der Waals surface area contributed by atoms with E-state index in [4.69, 9.17) is 0 Å². The molecule has 1 aliphatic rings. The number of nitrogens with zero attached hydrogens (tertiary/aromatic N) is 1. The van der Waals surface area contributed by atoms with Gasteiger partial charge in [-0.3, -0.25) is 14.4 Å². The van der Waals surface area contributed by atoms with Crippen LogP contribution in [0.5, 0.6) is 0 Å². The first-order valence-electron chi connectivity index (χ1n) is 11.7. The summed E-state index contributed by atoms with van der Waals surface area (Å²) in [6, 6.07) is 20.1. The number of benzene rings is 2. The normalized spacial score (nSPS) is 17.8. The van der Waals surface area contributed by atoms with Gasteiger partial charge in [0.1, 0.15) is 0 Å². The van der Waals surface area contributed by atoms with Gasteiger partial charge in [0.05, 0.1) is 24.3 Å². The maximum absolute atomic E-state index is 13.2. The first-order valence-corrected chi connectivity index (χ1v) is 11.7. The number of aliphatic hydroxyl groups excluding tert-OH is 2. The predicted octanol–water partition coefficient (Wildman–Crippen LogP) is 3.14. The van der Waals surface area contributed by atoms with Crippen molar-refractivity contribution in [3.63, 3.8) is 0 Å². The molecule has 0 aliphatic heterocycles. The van der Waals surface area contributed by atoms with Crippen molar-refractivity contribution in [2.24, 2.45) is 0 Å². The van der Waals surface area contributed by atoms with Crippen molar-refractivity contribution >= 4 is 11.7 Å². The Morgan fingerprint density at radius 2 is 1.63 bits per heavy atom. The Morgan fingerprint density at radius 3 is 2.26 bits per heavy atom. The van der Waals surface area contributed by atoms with E-state index in [0.29, 0.717) is 19.3 Å². The Labute approximate surface area is 203 Å². The van der Waals surface area contributed by atoms with Crippen molar-refractivity contribution in [2.75, 3.05) is 0 Å². The van der Waals surface area contributed by atoms with Crippen LogP contribution in [0, 0.1) is 0 Å². The molecule has 180 valence electrons. The fourth-order valence-electron chi connectivity index (χ4n) is 4.32. The maximum Gasteiger partial charge on any atom is 0.286 e. The third-order valence-corrected chi connectivity index (χ3v) is 6.15. The molecule has 0 spiro atoms. The van der Waals surface area contributed by atoms with Crippen molar-refractivity contribution in [1.29, 1.82) is 0 Å². The van der Waals surface area contributed by atoms with Crippen LogP contribution >= 0.6 is 0 Å². The minimum Gasteiger partial charge on any atom is -0.503 e. The highest BCUT2D eigenvalue weighted by Gasteiger charge is 2.27. The van der Waals surface area contributed by atoms with Crippen molar-refractivity contribution < 1.29 is 19.8 Å². The fraction of sp³-hybridized carbons (Fsp3) is 0.250. The Hall–Kier alpha value is -3.97. The van der Waals surface area contributed by atoms with Gasteiger partial charge in [0.15, 0.2) is 11.5 Å². The lowest BCUT2D eigenvalue weighted by Gasteiger charge is -2.15. The van der Waals surface area contributed by atoms with Crippen molar-refractivity contribution in [2.45, 2.75) is 44.4 Å². The second-order valence-electron chi connectivity index (χ2n) is 8.82. The average molecular weight is 473 g/mol. The van der Waals surface area contributed by atoms with Crippen molar-refractivity contribution in [3.05, 3.63) is 117 Å². The summed E-state index contributed by atoms with van der Waals surface area (Å²) in [7, 11) is 0. The van der Waals surface area contributed by atoms with Gasteiger partial charge in [-0.05, 0) is 48.4 Å². The number of nitrogens with one attached hydrogen (secondary N) is 1. The molecule has 1 heterocycles. The van der Waals surface area contributed by atoms with Gasteiger partial charge in [-0.15, -0.1) is 0 Å². The molecule has 3 aromatic rings. The van der Waals surface area contributed by atoms with E-state index in [1.54, 1.807) is 6.20 Å². The summed E-state index contributed by atoms with van der Waals surface area (Å²) in [5, 5.41) is 22.7. The number of rotatable bonds is 8. The quantitative estimate of drug-likeness (QED) is 0.265. The summed E-state index contributed by atoms with van der Waals surface area (Å²) in [6.45, 7) is 0.276. The predicted molar refractivity (Wildman–Crippen MR) is 132 cm³/mol. The smallest absolute Gasteiger partial charge is 0.286 e. The third-order valence-electron chi connectivity index (χ3n) is 6.15. The van der Waals surface area contributed by atoms with E-state index in [9.17, 15) is 24.6 Å². The molecule has 1 aliphatic carbocycles. The lowest BCUT2D eigenvalue weighted by atomic mass is 10.0. The molecule has 7 nitrogen and oxygen atoms in total. The van der Waals surface area contributed by atoms with Crippen LogP contribution in [0.1, 0.15) is 46.3 Å². The number of amides is 1. The second-order valence-corrected chi connectivity index (χ2v) is 8.82. The highest BCUT2D eigenvalue weighted by Crippen LogP contribution is 2.19. The van der Waals surface area contributed by atoms with E-state index in [1.807, 2.05) is 60.7 Å². The van der Waals surface area contributed by atoms with E-state index < -0.39 is 35.2 Å². The number of hydrogen-bond acceptors (Lipinski definition) is 5. The van der Waals surface area contributed by atoms with Crippen molar-refractivity contribution in [1.82, 2.24) is 9.88 Å². The Bertz CT molecular complexity index is 1280. The number of carbonyl (C=O) groups excluding carboxylic acids is 2. The molecule has 4 rings (SSSR count). The topological polar surface area (TPSA) is 109 Å². The molecule has 2 aromatic carbocycles. The molecule has 2 atom stereocenters. The van der Waals surface area contributed by atoms with Crippen LogP contribution < -0.4 is 10.9 Å². The fourth-order valence-corrected chi connectivity index (χ4v) is 4.32. The molecular weight excluding hydrogens is 444 g/mol. The van der Waals surface area contributed by atoms with Crippen LogP contribution in [-0.4, -0.2) is 38.6 Å². The van der Waals surface area contributed by atoms with Gasteiger partial charge in [0.2, 0.25) is 0 Å². The highest BCUT2D eigenvalue weighted by molar-refractivity contribution is 6.08. The summed E-state index contributed by atoms with van der Waals surface area (Å²) >= 11 is 0. The molecule has 0 radical (unpaired) electrons. The summed E-state index contributed by atoms with van der Waals surface area (Å²) in [5.41, 5.74) is 2.03. The highest BCUT2D eigenvalue weighted by atomic mass is 16.3. The van der Waals surface area contributed by atoms with Gasteiger partial charge in [-0.25, -0.2) is 0 Å². The van der Waals surface area contributed by atoms with E-state index in [0.717, 1.165) is 29.2 Å². The summed E-state index contributed by atoms with van der Waals surface area (Å²) < 4.78 is 1.47. The first-order chi connectivity index (χ1) is 16.9. The third kappa shape index (κ3) is 6.13. The molecule has 7 heteroatoms. The Kier molecular flexibility index (Phi) is 7.57. The molecular formula is C28H28N2O5. The van der Waals surface area contributed by atoms with Gasteiger partial charge in [-0.2, -0.15) is 0 Å². The standard InChI is InChI=1S/C28H28N2O5/c31-24-13-7-12-23(24)29-27(34)26(33)16-25(32)22-15-21(14-19-8-3-1-4-9-19)18-30(28(22)35)17-20-10-5-2-6-11-20/h1-6,8-11,15-16,18,23-24,31,33H,7,12-14,17H2,(H,29,34)/b26-16-/t23-,24-/m0/s1. The van der Waals surface area contributed by atoms with Crippen LogP contribution in [0.25, 0.3) is 0 Å². The molecule has 3 N–H and O–H groups in total. The number of aliphatic hydroxyl groups is 2. The van der Waals surface area contributed by atoms with Gasteiger partial charge in [0, 0.05) is 12.3 Å². The molecule has 1 saturated carbocycles. The maximum atomic E-state index is 13.2. The first kappa shape index (κ1) is 24.2. The zero-order valence-electron chi connectivity index (χ0n) is 19.3. The number of carbonyl (C=O) groups is 2. The summed E-state index contributed by atoms with van der Waals surface area (Å²) in [6.07, 6.45) is 4.27. The number of aromatic nitrogens is 1.